The average molecular weight is 168 g/mol. The lowest BCUT2D eigenvalue weighted by molar-refractivity contribution is -0.138. The van der Waals surface area contributed by atoms with E-state index in [1.165, 1.54) is 0 Å². The van der Waals surface area contributed by atoms with Gasteiger partial charge in [-0.3, -0.25) is 4.79 Å². The van der Waals surface area contributed by atoms with Gasteiger partial charge in [-0.15, -0.1) is 0 Å². The van der Waals surface area contributed by atoms with Gasteiger partial charge in [0.2, 0.25) is 0 Å². The first-order valence-corrected chi connectivity index (χ1v) is 3.93. The summed E-state index contributed by atoms with van der Waals surface area (Å²) < 4.78 is 10.3. The molecule has 1 rings (SSSR count). The normalized spacial score (nSPS) is 18.8. The molecule has 0 aromatic heterocycles. The van der Waals surface area contributed by atoms with E-state index in [1.807, 2.05) is 20.8 Å². The fourth-order valence-electron chi connectivity index (χ4n) is 0.893. The average Bonchev–Trinajstić information content (AvgIpc) is 1.82. The van der Waals surface area contributed by atoms with E-state index in [-0.39, 0.29) is 17.7 Å². The lowest BCUT2D eigenvalue weighted by Crippen LogP contribution is -2.38. The summed E-state index contributed by atoms with van der Waals surface area (Å²) in [5, 5.41) is -0.195. The Labute approximate surface area is 72.9 Å². The topological polar surface area (TPSA) is 35.5 Å². The highest BCUT2D eigenvalue weighted by Crippen LogP contribution is 2.32. The Morgan fingerprint density at radius 3 is 2.42 bits per heavy atom. The number of rotatable bonds is 0. The summed E-state index contributed by atoms with van der Waals surface area (Å²) in [5.74, 6) is 0.234. The molecule has 0 bridgehead atoms. The molecule has 0 aliphatic carbocycles. The van der Waals surface area contributed by atoms with E-state index >= 15 is 0 Å². The van der Waals surface area contributed by atoms with Crippen LogP contribution in [0.15, 0.2) is 12.3 Å². The molecule has 0 aromatic rings. The smallest absolute Gasteiger partial charge is 0.529 e. The Balaban J connectivity index is 2.68. The van der Waals surface area contributed by atoms with Crippen LogP contribution in [-0.2, 0) is 14.1 Å². The maximum Gasteiger partial charge on any atom is 0.602 e. The molecule has 1 aliphatic heterocycles. The first kappa shape index (κ1) is 9.17. The first-order valence-electron chi connectivity index (χ1n) is 3.93. The van der Waals surface area contributed by atoms with Gasteiger partial charge in [0, 0.05) is 5.31 Å². The van der Waals surface area contributed by atoms with E-state index in [0.717, 1.165) is 0 Å². The highest BCUT2D eigenvalue weighted by molar-refractivity contribution is 6.51. The van der Waals surface area contributed by atoms with Gasteiger partial charge in [0.1, 0.15) is 0 Å². The van der Waals surface area contributed by atoms with Crippen LogP contribution in [0, 0.1) is 0 Å². The van der Waals surface area contributed by atoms with Crippen molar-refractivity contribution >= 4 is 13.1 Å². The van der Waals surface area contributed by atoms with Crippen molar-refractivity contribution in [3.8, 4) is 0 Å². The summed E-state index contributed by atoms with van der Waals surface area (Å²) in [6.07, 6.45) is 0.173. The second-order valence-electron chi connectivity index (χ2n) is 4.02. The monoisotopic (exact) mass is 168 g/mol. The molecule has 66 valence electrons. The third-order valence-corrected chi connectivity index (χ3v) is 1.56. The van der Waals surface area contributed by atoms with Crippen LogP contribution in [0.5, 0.6) is 0 Å². The van der Waals surface area contributed by atoms with E-state index in [4.69, 9.17) is 9.31 Å². The van der Waals surface area contributed by atoms with Crippen molar-refractivity contribution in [1.82, 2.24) is 0 Å². The van der Waals surface area contributed by atoms with Crippen LogP contribution in [0.1, 0.15) is 27.2 Å². The number of hydrogen-bond donors (Lipinski definition) is 0. The highest BCUT2D eigenvalue weighted by Gasteiger charge is 2.42. The first-order chi connectivity index (χ1) is 5.39. The molecule has 1 fully saturated rings. The zero-order chi connectivity index (χ0) is 9.35. The largest absolute Gasteiger partial charge is 0.602 e. The van der Waals surface area contributed by atoms with Gasteiger partial charge in [-0.1, -0.05) is 27.4 Å². The third kappa shape index (κ3) is 2.03. The summed E-state index contributed by atoms with van der Waals surface area (Å²) in [6.45, 7) is 9.45. The summed E-state index contributed by atoms with van der Waals surface area (Å²) in [6, 6.07) is 0. The molecule has 0 aromatic carbocycles. The second-order valence-corrected chi connectivity index (χ2v) is 4.02. The molecule has 1 saturated heterocycles. The Morgan fingerprint density at radius 2 is 2.00 bits per heavy atom. The number of carbonyl (C=O) groups excluding carboxylic acids is 1. The van der Waals surface area contributed by atoms with Gasteiger partial charge in [-0.05, 0) is 0 Å². The van der Waals surface area contributed by atoms with E-state index in [1.54, 1.807) is 0 Å². The fraction of sp³-hybridized carbons (Fsp3) is 0.625. The zero-order valence-corrected chi connectivity index (χ0v) is 7.72. The molecule has 1 heterocycles. The van der Waals surface area contributed by atoms with Crippen molar-refractivity contribution in [2.75, 3.05) is 0 Å². The lowest BCUT2D eigenvalue weighted by Gasteiger charge is -2.29. The Hall–Kier alpha value is -0.925. The summed E-state index contributed by atoms with van der Waals surface area (Å²) in [7, 11) is -0.494. The predicted molar refractivity (Wildman–Crippen MR) is 46.4 cm³/mol. The highest BCUT2D eigenvalue weighted by atomic mass is 16.6. The molecule has 1 aliphatic rings. The SMILES string of the molecule is C=C1CC(=O)OB(C(C)(C)C)O1. The van der Waals surface area contributed by atoms with Gasteiger partial charge in [0.15, 0.2) is 0 Å². The zero-order valence-electron chi connectivity index (χ0n) is 7.72. The molecule has 4 heteroatoms. The van der Waals surface area contributed by atoms with Crippen LogP contribution in [-0.4, -0.2) is 13.1 Å². The van der Waals surface area contributed by atoms with Crippen molar-refractivity contribution in [2.45, 2.75) is 32.5 Å². The van der Waals surface area contributed by atoms with Crippen LogP contribution >= 0.6 is 0 Å². The van der Waals surface area contributed by atoms with Crippen LogP contribution in [0.25, 0.3) is 0 Å². The number of hydrogen-bond acceptors (Lipinski definition) is 3. The molecule has 3 nitrogen and oxygen atoms in total. The third-order valence-electron chi connectivity index (χ3n) is 1.56. The van der Waals surface area contributed by atoms with E-state index < -0.39 is 7.12 Å². The van der Waals surface area contributed by atoms with Gasteiger partial charge < -0.3 is 9.31 Å². The van der Waals surface area contributed by atoms with Gasteiger partial charge in [0.25, 0.3) is 5.97 Å². The van der Waals surface area contributed by atoms with E-state index in [0.29, 0.717) is 5.76 Å². The van der Waals surface area contributed by atoms with Crippen molar-refractivity contribution in [2.24, 2.45) is 0 Å². The molecule has 12 heavy (non-hydrogen) atoms. The molecule has 0 unspecified atom stereocenters. The Kier molecular flexibility index (Phi) is 2.17. The molecule has 0 saturated carbocycles. The molecule has 0 radical (unpaired) electrons. The fourth-order valence-corrected chi connectivity index (χ4v) is 0.893. The van der Waals surface area contributed by atoms with Crippen LogP contribution in [0.3, 0.4) is 0 Å². The van der Waals surface area contributed by atoms with Crippen LogP contribution < -0.4 is 0 Å². The molecular formula is C8H13BO3. The van der Waals surface area contributed by atoms with Gasteiger partial charge in [-0.2, -0.15) is 0 Å². The molecule has 0 N–H and O–H groups in total. The summed E-state index contributed by atoms with van der Waals surface area (Å²) in [4.78, 5) is 11.0. The lowest BCUT2D eigenvalue weighted by atomic mass is 9.60. The summed E-state index contributed by atoms with van der Waals surface area (Å²) in [5.41, 5.74) is 0. The van der Waals surface area contributed by atoms with E-state index in [2.05, 4.69) is 6.58 Å². The minimum atomic E-state index is -0.494. The van der Waals surface area contributed by atoms with Crippen molar-refractivity contribution in [3.05, 3.63) is 12.3 Å². The van der Waals surface area contributed by atoms with E-state index in [9.17, 15) is 4.79 Å². The van der Waals surface area contributed by atoms with Crippen molar-refractivity contribution in [3.63, 3.8) is 0 Å². The van der Waals surface area contributed by atoms with Gasteiger partial charge >= 0.3 is 7.12 Å². The molecule has 0 atom stereocenters. The predicted octanol–water partition coefficient (Wildman–Crippen LogP) is 1.75. The Bertz CT molecular complexity index is 201. The van der Waals surface area contributed by atoms with Crippen LogP contribution in [0.4, 0.5) is 0 Å². The molecule has 0 amide bonds. The molecule has 0 spiro atoms. The van der Waals surface area contributed by atoms with Gasteiger partial charge in [0.05, 0.1) is 12.2 Å². The standard InChI is InChI=1S/C8H13BO3/c1-6-5-7(10)12-9(11-6)8(2,3)4/h1,5H2,2-4H3. The maximum absolute atomic E-state index is 11.0. The molecular weight excluding hydrogens is 155 g/mol. The summed E-state index contributed by atoms with van der Waals surface area (Å²) >= 11 is 0. The van der Waals surface area contributed by atoms with Crippen molar-refractivity contribution in [1.29, 1.82) is 0 Å². The van der Waals surface area contributed by atoms with Crippen LogP contribution in [0.2, 0.25) is 5.31 Å². The Morgan fingerprint density at radius 1 is 1.42 bits per heavy atom. The van der Waals surface area contributed by atoms with Crippen molar-refractivity contribution < 1.29 is 14.1 Å². The van der Waals surface area contributed by atoms with Gasteiger partial charge in [-0.25, -0.2) is 0 Å². The minimum Gasteiger partial charge on any atom is -0.529 e. The number of carbonyl (C=O) groups is 1. The second kappa shape index (κ2) is 2.85. The maximum atomic E-state index is 11.0. The minimum absolute atomic E-state index is 0.173. The quantitative estimate of drug-likeness (QED) is 0.517.